The predicted molar refractivity (Wildman–Crippen MR) is 89.4 cm³/mol. The van der Waals surface area contributed by atoms with Crippen molar-refractivity contribution < 1.29 is 24.2 Å². The van der Waals surface area contributed by atoms with Crippen LogP contribution in [-0.2, 0) is 9.47 Å². The molecule has 1 aliphatic carbocycles. The van der Waals surface area contributed by atoms with E-state index in [1.807, 2.05) is 0 Å². The molecule has 0 aliphatic heterocycles. The lowest BCUT2D eigenvalue weighted by atomic mass is 9.90. The minimum absolute atomic E-state index is 0.112. The van der Waals surface area contributed by atoms with Crippen LogP contribution in [0.3, 0.4) is 0 Å². The summed E-state index contributed by atoms with van der Waals surface area (Å²) in [5, 5.41) is 10.7. The molecule has 24 heavy (non-hydrogen) atoms. The monoisotopic (exact) mass is 364 g/mol. The molecule has 3 rings (SSSR count). The average molecular weight is 365 g/mol. The van der Waals surface area contributed by atoms with Gasteiger partial charge in [0.15, 0.2) is 5.78 Å². The number of benzene rings is 2. The zero-order chi connectivity index (χ0) is 17.4. The minimum Gasteiger partial charge on any atom is -0.507 e. The van der Waals surface area contributed by atoms with Gasteiger partial charge in [-0.2, -0.15) is 0 Å². The van der Waals surface area contributed by atoms with Gasteiger partial charge in [-0.25, -0.2) is 4.79 Å². The summed E-state index contributed by atoms with van der Waals surface area (Å²) >= 11 is 11.8. The zero-order valence-corrected chi connectivity index (χ0v) is 13.8. The molecule has 0 radical (unpaired) electrons. The summed E-state index contributed by atoms with van der Waals surface area (Å²) in [6.45, 7) is 0. The Hall–Kier alpha value is -2.50. The van der Waals surface area contributed by atoms with E-state index in [9.17, 15) is 14.7 Å². The number of ketones is 1. The zero-order valence-electron chi connectivity index (χ0n) is 12.3. The van der Waals surface area contributed by atoms with Crippen LogP contribution in [-0.4, -0.2) is 24.2 Å². The van der Waals surface area contributed by atoms with E-state index in [1.165, 1.54) is 37.4 Å². The number of hydrogen-bond acceptors (Lipinski definition) is 5. The molecule has 1 aliphatic rings. The van der Waals surface area contributed by atoms with Crippen molar-refractivity contribution in [3.8, 4) is 5.75 Å². The van der Waals surface area contributed by atoms with Gasteiger partial charge in [-0.1, -0.05) is 23.2 Å². The number of carbonyl (C=O) groups is 2. The van der Waals surface area contributed by atoms with E-state index < -0.39 is 11.9 Å². The molecule has 0 spiro atoms. The Morgan fingerprint density at radius 3 is 2.50 bits per heavy atom. The van der Waals surface area contributed by atoms with Crippen LogP contribution in [0.2, 0.25) is 10.0 Å². The van der Waals surface area contributed by atoms with Crippen molar-refractivity contribution in [1.82, 2.24) is 0 Å². The van der Waals surface area contributed by atoms with Gasteiger partial charge in [0.05, 0.1) is 22.7 Å². The minimum atomic E-state index is -0.859. The second-order valence-electron chi connectivity index (χ2n) is 4.98. The first-order valence-corrected chi connectivity index (χ1v) is 7.51. The molecular weight excluding hydrogens is 355 g/mol. The highest BCUT2D eigenvalue weighted by atomic mass is 35.5. The van der Waals surface area contributed by atoms with Crippen molar-refractivity contribution >= 4 is 47.0 Å². The molecule has 0 amide bonds. The number of methoxy groups -OCH3 is 1. The Kier molecular flexibility index (Phi) is 4.22. The standard InChI is InChI=1S/C17H10Cl2O5/c1-23-17(22)24-15-6-9-4-11(14(20)7-10(9)15)16(21)8-2-3-12(18)13(19)5-8/h2-7,20H,1H3. The summed E-state index contributed by atoms with van der Waals surface area (Å²) in [4.78, 5) is 23.6. The number of phenolic OH excluding ortho intramolecular Hbond substituents is 1. The summed E-state index contributed by atoms with van der Waals surface area (Å²) < 4.78 is 9.30. The van der Waals surface area contributed by atoms with Crippen molar-refractivity contribution in [2.75, 3.05) is 7.11 Å². The smallest absolute Gasteiger partial charge is 0.507 e. The topological polar surface area (TPSA) is 72.8 Å². The normalized spacial score (nSPS) is 11.9. The number of phenols is 1. The molecule has 1 N–H and O–H groups in total. The molecule has 7 heteroatoms. The summed E-state index contributed by atoms with van der Waals surface area (Å²) in [5.74, 6) is -0.367. The van der Waals surface area contributed by atoms with Gasteiger partial charge in [-0.3, -0.25) is 4.79 Å². The molecule has 0 atom stereocenters. The first-order chi connectivity index (χ1) is 11.4. The number of hydrogen-bond donors (Lipinski definition) is 1. The Labute approximate surface area is 147 Å². The van der Waals surface area contributed by atoms with Gasteiger partial charge in [0, 0.05) is 11.1 Å². The Morgan fingerprint density at radius 2 is 1.83 bits per heavy atom. The van der Waals surface area contributed by atoms with Crippen LogP contribution < -0.4 is 0 Å². The van der Waals surface area contributed by atoms with Crippen LogP contribution in [0.5, 0.6) is 5.75 Å². The van der Waals surface area contributed by atoms with E-state index in [0.717, 1.165) is 0 Å². The number of carbonyl (C=O) groups excluding carboxylic acids is 2. The molecule has 0 heterocycles. The van der Waals surface area contributed by atoms with E-state index >= 15 is 0 Å². The van der Waals surface area contributed by atoms with Gasteiger partial charge >= 0.3 is 6.16 Å². The lowest BCUT2D eigenvalue weighted by Crippen LogP contribution is -2.11. The number of fused-ring (bicyclic) bond motifs is 1. The van der Waals surface area contributed by atoms with Gasteiger partial charge in [0.25, 0.3) is 0 Å². The summed E-state index contributed by atoms with van der Waals surface area (Å²) in [6.07, 6.45) is 0.708. The van der Waals surface area contributed by atoms with Crippen LogP contribution in [0.1, 0.15) is 27.0 Å². The van der Waals surface area contributed by atoms with E-state index in [1.54, 1.807) is 6.08 Å². The third-order valence-electron chi connectivity index (χ3n) is 3.51. The van der Waals surface area contributed by atoms with Crippen LogP contribution in [0, 0.1) is 0 Å². The Bertz CT molecular complexity index is 902. The summed E-state index contributed by atoms with van der Waals surface area (Å²) in [6, 6.07) is 7.35. The van der Waals surface area contributed by atoms with Crippen molar-refractivity contribution in [3.05, 3.63) is 62.6 Å². The van der Waals surface area contributed by atoms with Gasteiger partial charge < -0.3 is 14.6 Å². The van der Waals surface area contributed by atoms with Crippen molar-refractivity contribution in [1.29, 1.82) is 0 Å². The van der Waals surface area contributed by atoms with Crippen LogP contribution in [0.4, 0.5) is 4.79 Å². The van der Waals surface area contributed by atoms with Crippen molar-refractivity contribution in [3.63, 3.8) is 0 Å². The number of aromatic hydroxyl groups is 1. The lowest BCUT2D eigenvalue weighted by molar-refractivity contribution is 0.103. The molecule has 2 aromatic rings. The Balaban J connectivity index is 1.91. The van der Waals surface area contributed by atoms with Crippen LogP contribution in [0.25, 0.3) is 11.8 Å². The summed E-state index contributed by atoms with van der Waals surface area (Å²) in [5.41, 5.74) is 1.59. The fourth-order valence-electron chi connectivity index (χ4n) is 2.27. The molecule has 122 valence electrons. The highest BCUT2D eigenvalue weighted by Crippen LogP contribution is 2.38. The molecule has 0 aromatic heterocycles. The largest absolute Gasteiger partial charge is 0.513 e. The number of halogens is 2. The molecule has 5 nitrogen and oxygen atoms in total. The molecule has 0 bridgehead atoms. The second kappa shape index (κ2) is 6.19. The third-order valence-corrected chi connectivity index (χ3v) is 4.25. The molecule has 0 fully saturated rings. The highest BCUT2D eigenvalue weighted by Gasteiger charge is 2.25. The number of rotatable bonds is 3. The fraction of sp³-hybridized carbons (Fsp3) is 0.0588. The molecule has 0 unspecified atom stereocenters. The van der Waals surface area contributed by atoms with Gasteiger partial charge in [0.2, 0.25) is 0 Å². The maximum absolute atomic E-state index is 12.5. The SMILES string of the molecule is COC(=O)OC1=Cc2cc(C(=O)c3ccc(Cl)c(Cl)c3)c(O)cc21. The van der Waals surface area contributed by atoms with Gasteiger partial charge in [0.1, 0.15) is 11.5 Å². The first-order valence-electron chi connectivity index (χ1n) is 6.75. The van der Waals surface area contributed by atoms with E-state index in [-0.39, 0.29) is 22.1 Å². The average Bonchev–Trinajstić information content (AvgIpc) is 2.56. The quantitative estimate of drug-likeness (QED) is 0.639. The van der Waals surface area contributed by atoms with Crippen molar-refractivity contribution in [2.45, 2.75) is 0 Å². The molecule has 2 aromatic carbocycles. The number of ether oxygens (including phenoxy) is 2. The van der Waals surface area contributed by atoms with E-state index in [2.05, 4.69) is 4.74 Å². The van der Waals surface area contributed by atoms with Crippen LogP contribution in [0.15, 0.2) is 30.3 Å². The second-order valence-corrected chi connectivity index (χ2v) is 5.79. The van der Waals surface area contributed by atoms with Crippen molar-refractivity contribution in [2.24, 2.45) is 0 Å². The summed E-state index contributed by atoms with van der Waals surface area (Å²) in [7, 11) is 1.19. The maximum atomic E-state index is 12.5. The molecule has 0 saturated heterocycles. The Morgan fingerprint density at radius 1 is 1.08 bits per heavy atom. The van der Waals surface area contributed by atoms with Gasteiger partial charge in [-0.15, -0.1) is 0 Å². The molecule has 0 saturated carbocycles. The maximum Gasteiger partial charge on any atom is 0.513 e. The first kappa shape index (κ1) is 16.4. The van der Waals surface area contributed by atoms with E-state index in [0.29, 0.717) is 21.7 Å². The van der Waals surface area contributed by atoms with Crippen LogP contribution >= 0.6 is 23.2 Å². The predicted octanol–water partition coefficient (Wildman–Crippen LogP) is 4.52. The lowest BCUT2D eigenvalue weighted by Gasteiger charge is -2.20. The van der Waals surface area contributed by atoms with E-state index in [4.69, 9.17) is 27.9 Å². The fourth-order valence-corrected chi connectivity index (χ4v) is 2.57. The molecular formula is C17H10Cl2O5. The third kappa shape index (κ3) is 2.84. The van der Waals surface area contributed by atoms with Gasteiger partial charge in [-0.05, 0) is 42.0 Å². The highest BCUT2D eigenvalue weighted by molar-refractivity contribution is 6.42.